The van der Waals surface area contributed by atoms with Crippen LogP contribution in [0.2, 0.25) is 0 Å². The quantitative estimate of drug-likeness (QED) is 0.324. The van der Waals surface area contributed by atoms with Crippen LogP contribution in [-0.2, 0) is 4.74 Å². The van der Waals surface area contributed by atoms with Gasteiger partial charge in [0.25, 0.3) is 5.69 Å². The van der Waals surface area contributed by atoms with E-state index < -0.39 is 23.3 Å². The summed E-state index contributed by atoms with van der Waals surface area (Å²) in [5.41, 5.74) is 0.520. The number of nitro groups is 1. The van der Waals surface area contributed by atoms with Gasteiger partial charge in [0, 0.05) is 17.2 Å². The van der Waals surface area contributed by atoms with Crippen molar-refractivity contribution in [3.05, 3.63) is 63.2 Å². The van der Waals surface area contributed by atoms with Crippen molar-refractivity contribution < 1.29 is 28.7 Å². The summed E-state index contributed by atoms with van der Waals surface area (Å²) in [5.74, 6) is -0.422. The zero-order chi connectivity index (χ0) is 19.3. The highest BCUT2D eigenvalue weighted by Crippen LogP contribution is 2.27. The van der Waals surface area contributed by atoms with Crippen molar-refractivity contribution in [1.82, 2.24) is 0 Å². The molecule has 0 bridgehead atoms. The van der Waals surface area contributed by atoms with E-state index in [1.807, 2.05) is 0 Å². The number of esters is 1. The molecular weight excluding hydrogens is 342 g/mol. The van der Waals surface area contributed by atoms with Crippen molar-refractivity contribution in [3.8, 4) is 11.5 Å². The van der Waals surface area contributed by atoms with Crippen LogP contribution < -0.4 is 9.47 Å². The minimum atomic E-state index is -0.818. The molecule has 0 N–H and O–H groups in total. The first-order valence-corrected chi connectivity index (χ1v) is 7.54. The zero-order valence-electron chi connectivity index (χ0n) is 14.5. The molecule has 2 rings (SSSR count). The Bertz CT molecular complexity index is 861. The van der Waals surface area contributed by atoms with E-state index in [4.69, 9.17) is 14.2 Å². The molecule has 0 radical (unpaired) electrons. The Hall–Kier alpha value is -3.42. The first-order valence-electron chi connectivity index (χ1n) is 7.54. The van der Waals surface area contributed by atoms with Crippen LogP contribution in [0.3, 0.4) is 0 Å². The first kappa shape index (κ1) is 18.9. The topological polar surface area (TPSA) is 105 Å². The molecule has 2 aromatic rings. The van der Waals surface area contributed by atoms with Gasteiger partial charge in [0.05, 0.1) is 24.7 Å². The Labute approximate surface area is 149 Å². The molecule has 0 aromatic heterocycles. The van der Waals surface area contributed by atoms with Gasteiger partial charge in [0.15, 0.2) is 23.9 Å². The molecule has 8 nitrogen and oxygen atoms in total. The maximum Gasteiger partial charge on any atom is 0.338 e. The van der Waals surface area contributed by atoms with E-state index in [2.05, 4.69) is 0 Å². The van der Waals surface area contributed by atoms with Gasteiger partial charge >= 0.3 is 5.97 Å². The molecular formula is C18H17NO7. The van der Waals surface area contributed by atoms with Crippen LogP contribution in [0.4, 0.5) is 5.69 Å². The molecule has 0 spiro atoms. The smallest absolute Gasteiger partial charge is 0.338 e. The van der Waals surface area contributed by atoms with Gasteiger partial charge in [-0.1, -0.05) is 6.07 Å². The number of nitrogens with zero attached hydrogens (tertiary/aromatic N) is 1. The molecule has 0 aliphatic rings. The van der Waals surface area contributed by atoms with E-state index in [1.165, 1.54) is 38.5 Å². The molecule has 0 atom stereocenters. The summed E-state index contributed by atoms with van der Waals surface area (Å²) in [6.07, 6.45) is 0. The monoisotopic (exact) mass is 359 g/mol. The van der Waals surface area contributed by atoms with Gasteiger partial charge in [-0.25, -0.2) is 4.79 Å². The Morgan fingerprint density at radius 3 is 2.27 bits per heavy atom. The number of ether oxygens (including phenoxy) is 3. The summed E-state index contributed by atoms with van der Waals surface area (Å²) in [5, 5.41) is 10.9. The SMILES string of the molecule is COc1ccc(C(=O)COC(=O)c2ccc(C)c([N+](=O)[O-])c2)cc1OC. The van der Waals surface area contributed by atoms with Crippen molar-refractivity contribution in [2.24, 2.45) is 0 Å². The Balaban J connectivity index is 2.09. The summed E-state index contributed by atoms with van der Waals surface area (Å²) in [7, 11) is 2.91. The number of methoxy groups -OCH3 is 2. The zero-order valence-corrected chi connectivity index (χ0v) is 14.5. The van der Waals surface area contributed by atoms with Crippen LogP contribution in [0.15, 0.2) is 36.4 Å². The molecule has 0 aliphatic carbocycles. The minimum Gasteiger partial charge on any atom is -0.493 e. The summed E-state index contributed by atoms with van der Waals surface area (Å²) in [6, 6.07) is 8.55. The largest absolute Gasteiger partial charge is 0.493 e. The van der Waals surface area contributed by atoms with E-state index >= 15 is 0 Å². The molecule has 26 heavy (non-hydrogen) atoms. The molecule has 0 aliphatic heterocycles. The van der Waals surface area contributed by atoms with Crippen LogP contribution in [-0.4, -0.2) is 37.5 Å². The van der Waals surface area contributed by atoms with Gasteiger partial charge in [-0.15, -0.1) is 0 Å². The maximum atomic E-state index is 12.2. The van der Waals surface area contributed by atoms with Crippen molar-refractivity contribution in [2.75, 3.05) is 20.8 Å². The van der Waals surface area contributed by atoms with Gasteiger partial charge < -0.3 is 14.2 Å². The van der Waals surface area contributed by atoms with Gasteiger partial charge in [0.2, 0.25) is 0 Å². The van der Waals surface area contributed by atoms with E-state index in [1.54, 1.807) is 13.0 Å². The molecule has 0 unspecified atom stereocenters. The van der Waals surface area contributed by atoms with Crippen LogP contribution >= 0.6 is 0 Å². The summed E-state index contributed by atoms with van der Waals surface area (Å²) in [4.78, 5) is 34.6. The predicted molar refractivity (Wildman–Crippen MR) is 92.0 cm³/mol. The second kappa shape index (κ2) is 8.11. The summed E-state index contributed by atoms with van der Waals surface area (Å²) in [6.45, 7) is 1.06. The van der Waals surface area contributed by atoms with Crippen LogP contribution in [0.5, 0.6) is 11.5 Å². The third-order valence-electron chi connectivity index (χ3n) is 3.68. The first-order chi connectivity index (χ1) is 12.4. The molecule has 0 saturated heterocycles. The summed E-state index contributed by atoms with van der Waals surface area (Å²) < 4.78 is 15.2. The third kappa shape index (κ3) is 4.15. The average molecular weight is 359 g/mol. The molecule has 136 valence electrons. The van der Waals surface area contributed by atoms with E-state index in [0.717, 1.165) is 6.07 Å². The van der Waals surface area contributed by atoms with Crippen molar-refractivity contribution in [2.45, 2.75) is 6.92 Å². The lowest BCUT2D eigenvalue weighted by Gasteiger charge is -2.09. The molecule has 8 heteroatoms. The fourth-order valence-corrected chi connectivity index (χ4v) is 2.24. The molecule has 2 aromatic carbocycles. The number of rotatable bonds is 7. The van der Waals surface area contributed by atoms with E-state index in [9.17, 15) is 19.7 Å². The lowest BCUT2D eigenvalue weighted by Crippen LogP contribution is -2.14. The fraction of sp³-hybridized carbons (Fsp3) is 0.222. The highest BCUT2D eigenvalue weighted by Gasteiger charge is 2.18. The molecule has 0 amide bonds. The average Bonchev–Trinajstić information content (AvgIpc) is 2.65. The second-order valence-electron chi connectivity index (χ2n) is 5.33. The number of benzene rings is 2. The van der Waals surface area contributed by atoms with Gasteiger partial charge in [-0.05, 0) is 31.2 Å². The molecule has 0 heterocycles. The number of carbonyl (C=O) groups excluding carboxylic acids is 2. The lowest BCUT2D eigenvalue weighted by molar-refractivity contribution is -0.385. The number of nitro benzene ring substituents is 1. The van der Waals surface area contributed by atoms with Crippen LogP contribution in [0.25, 0.3) is 0 Å². The standard InChI is InChI=1S/C18H17NO7/c1-11-4-5-13(8-14(11)19(22)23)18(21)26-10-15(20)12-6-7-16(24-2)17(9-12)25-3/h4-9H,10H2,1-3H3. The number of aryl methyl sites for hydroxylation is 1. The fourth-order valence-electron chi connectivity index (χ4n) is 2.24. The van der Waals surface area contributed by atoms with Crippen molar-refractivity contribution in [1.29, 1.82) is 0 Å². The van der Waals surface area contributed by atoms with Crippen molar-refractivity contribution >= 4 is 17.4 Å². The number of carbonyl (C=O) groups is 2. The van der Waals surface area contributed by atoms with Crippen LogP contribution in [0.1, 0.15) is 26.3 Å². The molecule has 0 fully saturated rings. The second-order valence-corrected chi connectivity index (χ2v) is 5.33. The Kier molecular flexibility index (Phi) is 5.90. The molecule has 0 saturated carbocycles. The minimum absolute atomic E-state index is 0.00223. The third-order valence-corrected chi connectivity index (χ3v) is 3.68. The number of Topliss-reactive ketones (excluding diaryl/α,β-unsaturated/α-hetero) is 1. The normalized spacial score (nSPS) is 10.1. The number of hydrogen-bond donors (Lipinski definition) is 0. The Morgan fingerprint density at radius 2 is 1.65 bits per heavy atom. The summed E-state index contributed by atoms with van der Waals surface area (Å²) >= 11 is 0. The highest BCUT2D eigenvalue weighted by molar-refractivity contribution is 6.00. The van der Waals surface area contributed by atoms with Crippen molar-refractivity contribution in [3.63, 3.8) is 0 Å². The number of hydrogen-bond acceptors (Lipinski definition) is 7. The lowest BCUT2D eigenvalue weighted by atomic mass is 10.1. The van der Waals surface area contributed by atoms with Crippen LogP contribution in [0, 0.1) is 17.0 Å². The van der Waals surface area contributed by atoms with Gasteiger partial charge in [-0.3, -0.25) is 14.9 Å². The Morgan fingerprint density at radius 1 is 1.00 bits per heavy atom. The predicted octanol–water partition coefficient (Wildman–Crippen LogP) is 2.96. The van der Waals surface area contributed by atoms with E-state index in [0.29, 0.717) is 17.1 Å². The van der Waals surface area contributed by atoms with E-state index in [-0.39, 0.29) is 16.8 Å². The number of ketones is 1. The maximum absolute atomic E-state index is 12.2. The van der Waals surface area contributed by atoms with Gasteiger partial charge in [-0.2, -0.15) is 0 Å². The highest BCUT2D eigenvalue weighted by atomic mass is 16.6. The van der Waals surface area contributed by atoms with Gasteiger partial charge in [0.1, 0.15) is 0 Å².